The Morgan fingerprint density at radius 2 is 2.11 bits per heavy atom. The average molecular weight is 385 g/mol. The first-order chi connectivity index (χ1) is 13.6. The topological polar surface area (TPSA) is 44.8 Å². The summed E-state index contributed by atoms with van der Waals surface area (Å²) >= 11 is 0. The average Bonchev–Trinajstić information content (AvgIpc) is 2.68. The predicted molar refractivity (Wildman–Crippen MR) is 111 cm³/mol. The zero-order chi connectivity index (χ0) is 20.1. The second-order valence-corrected chi connectivity index (χ2v) is 7.77. The lowest BCUT2D eigenvalue weighted by Crippen LogP contribution is -2.31. The highest BCUT2D eigenvalue weighted by atomic mass is 16.7. The number of carbonyl (C=O) groups is 1. The second kappa shape index (κ2) is 9.31. The van der Waals surface area contributed by atoms with Gasteiger partial charge in [0, 0.05) is 17.9 Å². The van der Waals surface area contributed by atoms with Crippen LogP contribution in [0.3, 0.4) is 0 Å². The van der Waals surface area contributed by atoms with E-state index in [2.05, 4.69) is 26.5 Å². The normalized spacial score (nSPS) is 21.2. The van der Waals surface area contributed by atoms with Crippen LogP contribution in [0.2, 0.25) is 0 Å². The molecule has 28 heavy (non-hydrogen) atoms. The maximum atomic E-state index is 12.9. The van der Waals surface area contributed by atoms with Crippen LogP contribution in [0.4, 0.5) is 0 Å². The van der Waals surface area contributed by atoms with Crippen LogP contribution in [-0.2, 0) is 11.2 Å². The van der Waals surface area contributed by atoms with E-state index in [-0.39, 0.29) is 11.9 Å². The molecule has 3 rings (SSSR count). The van der Waals surface area contributed by atoms with E-state index in [1.807, 2.05) is 13.0 Å². The number of benzene rings is 1. The van der Waals surface area contributed by atoms with E-state index in [0.29, 0.717) is 17.7 Å². The summed E-state index contributed by atoms with van der Waals surface area (Å²) in [6.07, 6.45) is 11.1. The van der Waals surface area contributed by atoms with Gasteiger partial charge in [-0.15, -0.1) is 0 Å². The molecule has 0 saturated heterocycles. The van der Waals surface area contributed by atoms with Gasteiger partial charge in [0.2, 0.25) is 6.29 Å². The van der Waals surface area contributed by atoms with Gasteiger partial charge in [0.1, 0.15) is 17.1 Å². The molecule has 0 N–H and O–H groups in total. The molecular weight excluding hydrogens is 352 g/mol. The molecule has 0 aromatic heterocycles. The molecule has 0 amide bonds. The molecule has 2 aliphatic rings. The Balaban J connectivity index is 2.16. The van der Waals surface area contributed by atoms with Gasteiger partial charge in [0.05, 0.1) is 6.26 Å². The van der Waals surface area contributed by atoms with Crippen LogP contribution in [0.15, 0.2) is 30.6 Å². The van der Waals surface area contributed by atoms with Crippen molar-refractivity contribution in [3.05, 3.63) is 47.2 Å². The minimum absolute atomic E-state index is 0.172. The van der Waals surface area contributed by atoms with Crippen LogP contribution in [0, 0.1) is 0 Å². The zero-order valence-corrected chi connectivity index (χ0v) is 17.4. The highest BCUT2D eigenvalue weighted by Gasteiger charge is 2.35. The molecule has 0 spiro atoms. The monoisotopic (exact) mass is 384 g/mol. The van der Waals surface area contributed by atoms with Gasteiger partial charge in [0.15, 0.2) is 0 Å². The molecule has 0 fully saturated rings. The molecule has 1 aliphatic heterocycles. The summed E-state index contributed by atoms with van der Waals surface area (Å²) in [5, 5.41) is 0. The molecule has 1 heterocycles. The largest absolute Gasteiger partial charge is 0.465 e. The van der Waals surface area contributed by atoms with Crippen LogP contribution in [-0.4, -0.2) is 12.3 Å². The highest BCUT2D eigenvalue weighted by Crippen LogP contribution is 2.47. The molecule has 4 nitrogen and oxygen atoms in total. The number of cyclic esters (lactones) is 1. The minimum Gasteiger partial charge on any atom is -0.465 e. The number of fused-ring (bicyclic) bond motifs is 1. The van der Waals surface area contributed by atoms with Crippen LogP contribution in [0.5, 0.6) is 11.5 Å². The molecule has 2 atom stereocenters. The molecule has 1 aliphatic carbocycles. The molecular formula is C24H32O4. The number of allylic oxidation sites excluding steroid dienone is 2. The molecule has 0 saturated carbocycles. The fourth-order valence-corrected chi connectivity index (χ4v) is 4.19. The van der Waals surface area contributed by atoms with E-state index in [0.717, 1.165) is 61.8 Å². The van der Waals surface area contributed by atoms with Crippen LogP contribution >= 0.6 is 0 Å². The van der Waals surface area contributed by atoms with E-state index >= 15 is 0 Å². The Bertz CT molecular complexity index is 762. The van der Waals surface area contributed by atoms with Gasteiger partial charge in [-0.05, 0) is 50.7 Å². The Hall–Kier alpha value is -2.23. The lowest BCUT2D eigenvalue weighted by molar-refractivity contribution is -0.0620. The van der Waals surface area contributed by atoms with Crippen molar-refractivity contribution >= 4 is 5.97 Å². The summed E-state index contributed by atoms with van der Waals surface area (Å²) in [6, 6.07) is 2.00. The van der Waals surface area contributed by atoms with Crippen LogP contribution in [0.1, 0.15) is 93.1 Å². The molecule has 2 unspecified atom stereocenters. The number of ether oxygens (including phenoxy) is 3. The number of hydrogen-bond acceptors (Lipinski definition) is 4. The maximum absolute atomic E-state index is 12.9. The van der Waals surface area contributed by atoms with Gasteiger partial charge in [-0.3, -0.25) is 0 Å². The first-order valence-corrected chi connectivity index (χ1v) is 10.6. The first kappa shape index (κ1) is 20.5. The Labute approximate surface area is 168 Å². The number of hydrogen-bond donors (Lipinski definition) is 0. The molecule has 1 aromatic carbocycles. The van der Waals surface area contributed by atoms with Gasteiger partial charge >= 0.3 is 5.97 Å². The fourth-order valence-electron chi connectivity index (χ4n) is 4.19. The van der Waals surface area contributed by atoms with Crippen molar-refractivity contribution < 1.29 is 19.0 Å². The summed E-state index contributed by atoms with van der Waals surface area (Å²) in [4.78, 5) is 12.9. The van der Waals surface area contributed by atoms with Crippen molar-refractivity contribution in [3.63, 3.8) is 0 Å². The Kier molecular flexibility index (Phi) is 6.82. The number of unbranched alkanes of at least 4 members (excludes halogenated alkanes) is 2. The number of aryl methyl sites for hydroxylation is 1. The van der Waals surface area contributed by atoms with Gasteiger partial charge in [-0.25, -0.2) is 4.79 Å². The predicted octanol–water partition coefficient (Wildman–Crippen LogP) is 6.44. The second-order valence-electron chi connectivity index (χ2n) is 7.77. The maximum Gasteiger partial charge on any atom is 0.345 e. The number of carbonyl (C=O) groups excluding carboxylic acids is 1. The summed E-state index contributed by atoms with van der Waals surface area (Å²) in [5.41, 5.74) is 3.86. The van der Waals surface area contributed by atoms with Gasteiger partial charge in [-0.2, -0.15) is 0 Å². The first-order valence-electron chi connectivity index (χ1n) is 10.6. The number of rotatable bonds is 8. The van der Waals surface area contributed by atoms with E-state index < -0.39 is 6.29 Å². The number of esters is 1. The van der Waals surface area contributed by atoms with Crippen LogP contribution in [0.25, 0.3) is 0 Å². The quantitative estimate of drug-likeness (QED) is 0.224. The Morgan fingerprint density at radius 3 is 2.79 bits per heavy atom. The summed E-state index contributed by atoms with van der Waals surface area (Å²) in [6.45, 7) is 10.0. The van der Waals surface area contributed by atoms with E-state index in [9.17, 15) is 4.79 Å². The summed E-state index contributed by atoms with van der Waals surface area (Å²) < 4.78 is 17.6. The van der Waals surface area contributed by atoms with Crippen molar-refractivity contribution in [3.8, 4) is 11.5 Å². The van der Waals surface area contributed by atoms with Crippen molar-refractivity contribution in [1.82, 2.24) is 0 Å². The van der Waals surface area contributed by atoms with Gasteiger partial charge in [0.25, 0.3) is 0 Å². The third-order valence-corrected chi connectivity index (χ3v) is 5.59. The minimum atomic E-state index is -0.546. The van der Waals surface area contributed by atoms with Gasteiger partial charge < -0.3 is 14.2 Å². The van der Waals surface area contributed by atoms with Crippen molar-refractivity contribution in [2.75, 3.05) is 0 Å². The molecule has 152 valence electrons. The fraction of sp³-hybridized carbons (Fsp3) is 0.542. The smallest absolute Gasteiger partial charge is 0.345 e. The lowest BCUT2D eigenvalue weighted by atomic mass is 9.83. The third-order valence-electron chi connectivity index (χ3n) is 5.59. The molecule has 0 radical (unpaired) electrons. The standard InChI is InChI=1S/C24H32O4/c1-5-8-9-12-18-15-19(26-7-3)21(17-13-10-11-16(4)14-17)23-22(18)24(25)28-20(6-2)27-23/h7,14-15,17,20H,3,5-6,8-13H2,1-2,4H3. The third kappa shape index (κ3) is 4.26. The Morgan fingerprint density at radius 1 is 1.29 bits per heavy atom. The van der Waals surface area contributed by atoms with Gasteiger partial charge in [-0.1, -0.05) is 44.9 Å². The summed E-state index contributed by atoms with van der Waals surface area (Å²) in [5.74, 6) is 1.30. The summed E-state index contributed by atoms with van der Waals surface area (Å²) in [7, 11) is 0. The van der Waals surface area contributed by atoms with E-state index in [1.165, 1.54) is 11.8 Å². The lowest BCUT2D eigenvalue weighted by Gasteiger charge is -2.32. The van der Waals surface area contributed by atoms with Crippen molar-refractivity contribution in [2.24, 2.45) is 0 Å². The molecule has 4 heteroatoms. The highest BCUT2D eigenvalue weighted by molar-refractivity contribution is 5.96. The SMILES string of the molecule is C=COc1cc(CCCCC)c2c(c1C1C=C(C)CCC1)OC(CC)OC2=O. The van der Waals surface area contributed by atoms with Crippen LogP contribution < -0.4 is 9.47 Å². The zero-order valence-electron chi connectivity index (χ0n) is 17.4. The van der Waals surface area contributed by atoms with E-state index in [4.69, 9.17) is 14.2 Å². The molecule has 1 aromatic rings. The molecule has 0 bridgehead atoms. The van der Waals surface area contributed by atoms with Crippen molar-refractivity contribution in [1.29, 1.82) is 0 Å². The van der Waals surface area contributed by atoms with Crippen molar-refractivity contribution in [2.45, 2.75) is 84.3 Å². The van der Waals surface area contributed by atoms with E-state index in [1.54, 1.807) is 0 Å².